The molecular weight excluding hydrogens is 243 g/mol. The summed E-state index contributed by atoms with van der Waals surface area (Å²) in [5.41, 5.74) is 2.86. The van der Waals surface area contributed by atoms with E-state index in [0.29, 0.717) is 6.42 Å². The topological polar surface area (TPSA) is 45.1 Å². The number of halogens is 1. The van der Waals surface area contributed by atoms with Gasteiger partial charge in [0.05, 0.1) is 17.9 Å². The maximum absolute atomic E-state index is 12.8. The zero-order valence-corrected chi connectivity index (χ0v) is 10.8. The van der Waals surface area contributed by atoms with Crippen LogP contribution in [-0.4, -0.2) is 16.7 Å². The van der Waals surface area contributed by atoms with Gasteiger partial charge in [-0.2, -0.15) is 0 Å². The fourth-order valence-electron chi connectivity index (χ4n) is 1.86. The minimum Gasteiger partial charge on any atom is -0.396 e. The molecule has 0 aliphatic rings. The third-order valence-electron chi connectivity index (χ3n) is 2.93. The molecule has 1 unspecified atom stereocenters. The van der Waals surface area contributed by atoms with E-state index in [-0.39, 0.29) is 18.5 Å². The van der Waals surface area contributed by atoms with Crippen LogP contribution in [-0.2, 0) is 6.42 Å². The van der Waals surface area contributed by atoms with E-state index in [4.69, 9.17) is 5.11 Å². The molecule has 0 saturated carbocycles. The maximum atomic E-state index is 12.8. The summed E-state index contributed by atoms with van der Waals surface area (Å²) >= 11 is 0. The number of aliphatic hydroxyl groups is 1. The molecular formula is C15H17FN2O. The predicted octanol–water partition coefficient (Wildman–Crippen LogP) is 2.93. The second kappa shape index (κ2) is 6.29. The lowest BCUT2D eigenvalue weighted by Crippen LogP contribution is -2.08. The summed E-state index contributed by atoms with van der Waals surface area (Å²) in [6.45, 7) is 2.13. The second-order valence-electron chi connectivity index (χ2n) is 4.44. The number of rotatable bonds is 5. The molecule has 4 heteroatoms. The van der Waals surface area contributed by atoms with Gasteiger partial charge in [0, 0.05) is 12.3 Å². The van der Waals surface area contributed by atoms with Crippen molar-refractivity contribution in [1.29, 1.82) is 0 Å². The molecule has 0 radical (unpaired) electrons. The van der Waals surface area contributed by atoms with Crippen molar-refractivity contribution in [3.8, 4) is 0 Å². The number of anilines is 1. The molecule has 0 bridgehead atoms. The van der Waals surface area contributed by atoms with Crippen molar-refractivity contribution in [3.63, 3.8) is 0 Å². The highest BCUT2D eigenvalue weighted by atomic mass is 19.1. The molecule has 2 rings (SSSR count). The Hall–Kier alpha value is -1.94. The van der Waals surface area contributed by atoms with Crippen LogP contribution in [0.5, 0.6) is 0 Å². The quantitative estimate of drug-likeness (QED) is 0.868. The summed E-state index contributed by atoms with van der Waals surface area (Å²) in [4.78, 5) is 4.05. The summed E-state index contributed by atoms with van der Waals surface area (Å²) < 4.78 is 12.8. The molecule has 2 aromatic rings. The minimum atomic E-state index is -0.329. The lowest BCUT2D eigenvalue weighted by molar-refractivity contribution is 0.299. The summed E-state index contributed by atoms with van der Waals surface area (Å²) in [7, 11) is 0. The van der Waals surface area contributed by atoms with Crippen molar-refractivity contribution < 1.29 is 9.50 Å². The van der Waals surface area contributed by atoms with Crippen LogP contribution in [0, 0.1) is 5.82 Å². The largest absolute Gasteiger partial charge is 0.396 e. The molecule has 3 nitrogen and oxygen atoms in total. The standard InChI is InChI=1S/C15H17FN2O/c1-11(15-7-4-13(16)10-17-15)18-14-5-2-12(3-6-14)8-9-19/h2-7,10-11,18-19H,8-9H2,1H3. The van der Waals surface area contributed by atoms with Crippen LogP contribution in [0.3, 0.4) is 0 Å². The fraction of sp³-hybridized carbons (Fsp3) is 0.267. The Morgan fingerprint density at radius 3 is 2.53 bits per heavy atom. The normalized spacial score (nSPS) is 12.2. The van der Waals surface area contributed by atoms with Crippen LogP contribution in [0.25, 0.3) is 0 Å². The van der Waals surface area contributed by atoms with Crippen LogP contribution >= 0.6 is 0 Å². The Labute approximate surface area is 112 Å². The van der Waals surface area contributed by atoms with Gasteiger partial charge in [0.15, 0.2) is 0 Å². The summed E-state index contributed by atoms with van der Waals surface area (Å²) in [6, 6.07) is 11.0. The molecule has 1 atom stereocenters. The summed E-state index contributed by atoms with van der Waals surface area (Å²) in [6.07, 6.45) is 1.88. The highest BCUT2D eigenvalue weighted by Gasteiger charge is 2.06. The van der Waals surface area contributed by atoms with Gasteiger partial charge in [-0.3, -0.25) is 4.98 Å². The second-order valence-corrected chi connectivity index (χ2v) is 4.44. The molecule has 1 aromatic carbocycles. The minimum absolute atomic E-state index is 0.00397. The number of benzene rings is 1. The van der Waals surface area contributed by atoms with Gasteiger partial charge in [0.2, 0.25) is 0 Å². The highest BCUT2D eigenvalue weighted by molar-refractivity contribution is 5.46. The van der Waals surface area contributed by atoms with Crippen LogP contribution in [0.1, 0.15) is 24.2 Å². The molecule has 100 valence electrons. The first-order chi connectivity index (χ1) is 9.19. The van der Waals surface area contributed by atoms with Crippen molar-refractivity contribution >= 4 is 5.69 Å². The Balaban J connectivity index is 2.01. The molecule has 0 aliphatic carbocycles. The van der Waals surface area contributed by atoms with E-state index in [2.05, 4.69) is 10.3 Å². The zero-order valence-electron chi connectivity index (χ0n) is 10.8. The number of nitrogens with one attached hydrogen (secondary N) is 1. The number of pyridine rings is 1. The van der Waals surface area contributed by atoms with Crippen LogP contribution in [0.15, 0.2) is 42.6 Å². The van der Waals surface area contributed by atoms with E-state index in [1.54, 1.807) is 6.07 Å². The molecule has 0 fully saturated rings. The number of hydrogen-bond acceptors (Lipinski definition) is 3. The first-order valence-electron chi connectivity index (χ1n) is 6.27. The van der Waals surface area contributed by atoms with E-state index in [9.17, 15) is 4.39 Å². The average molecular weight is 260 g/mol. The molecule has 2 N–H and O–H groups in total. The number of hydrogen-bond donors (Lipinski definition) is 2. The Morgan fingerprint density at radius 2 is 1.95 bits per heavy atom. The van der Waals surface area contributed by atoms with Gasteiger partial charge in [-0.1, -0.05) is 12.1 Å². The summed E-state index contributed by atoms with van der Waals surface area (Å²) in [5, 5.41) is 12.2. The smallest absolute Gasteiger partial charge is 0.141 e. The molecule has 0 spiro atoms. The van der Waals surface area contributed by atoms with Gasteiger partial charge in [-0.25, -0.2) is 4.39 Å². The highest BCUT2D eigenvalue weighted by Crippen LogP contribution is 2.18. The predicted molar refractivity (Wildman–Crippen MR) is 73.5 cm³/mol. The fourth-order valence-corrected chi connectivity index (χ4v) is 1.86. The molecule has 0 saturated heterocycles. The van der Waals surface area contributed by atoms with Crippen molar-refractivity contribution in [3.05, 3.63) is 59.7 Å². The number of nitrogens with zero attached hydrogens (tertiary/aromatic N) is 1. The third-order valence-corrected chi connectivity index (χ3v) is 2.93. The van der Waals surface area contributed by atoms with Gasteiger partial charge < -0.3 is 10.4 Å². The van der Waals surface area contributed by atoms with Gasteiger partial charge in [0.25, 0.3) is 0 Å². The van der Waals surface area contributed by atoms with Crippen LogP contribution < -0.4 is 5.32 Å². The van der Waals surface area contributed by atoms with Crippen molar-refractivity contribution in [2.75, 3.05) is 11.9 Å². The zero-order chi connectivity index (χ0) is 13.7. The van der Waals surface area contributed by atoms with Crippen molar-refractivity contribution in [2.45, 2.75) is 19.4 Å². The van der Waals surface area contributed by atoms with E-state index in [1.165, 1.54) is 12.3 Å². The lowest BCUT2D eigenvalue weighted by Gasteiger charge is -2.15. The van der Waals surface area contributed by atoms with Crippen molar-refractivity contribution in [2.24, 2.45) is 0 Å². The van der Waals surface area contributed by atoms with E-state index in [1.807, 2.05) is 31.2 Å². The van der Waals surface area contributed by atoms with Gasteiger partial charge in [-0.05, 0) is 43.2 Å². The Bertz CT molecular complexity index is 511. The van der Waals surface area contributed by atoms with E-state index in [0.717, 1.165) is 16.9 Å². The molecule has 1 heterocycles. The molecule has 0 amide bonds. The molecule has 19 heavy (non-hydrogen) atoms. The van der Waals surface area contributed by atoms with E-state index >= 15 is 0 Å². The maximum Gasteiger partial charge on any atom is 0.141 e. The van der Waals surface area contributed by atoms with Gasteiger partial charge in [-0.15, -0.1) is 0 Å². The Kier molecular flexibility index (Phi) is 4.47. The van der Waals surface area contributed by atoms with Crippen LogP contribution in [0.4, 0.5) is 10.1 Å². The monoisotopic (exact) mass is 260 g/mol. The van der Waals surface area contributed by atoms with Gasteiger partial charge in [0.1, 0.15) is 5.82 Å². The number of aliphatic hydroxyl groups excluding tert-OH is 1. The first-order valence-corrected chi connectivity index (χ1v) is 6.27. The Morgan fingerprint density at radius 1 is 1.21 bits per heavy atom. The first kappa shape index (κ1) is 13.5. The average Bonchev–Trinajstić information content (AvgIpc) is 2.42. The summed E-state index contributed by atoms with van der Waals surface area (Å²) in [5.74, 6) is -0.329. The van der Waals surface area contributed by atoms with Gasteiger partial charge >= 0.3 is 0 Å². The third kappa shape index (κ3) is 3.76. The van der Waals surface area contributed by atoms with Crippen LogP contribution in [0.2, 0.25) is 0 Å². The molecule has 1 aromatic heterocycles. The SMILES string of the molecule is CC(Nc1ccc(CCO)cc1)c1ccc(F)cn1. The lowest BCUT2D eigenvalue weighted by atomic mass is 10.1. The molecule has 0 aliphatic heterocycles. The van der Waals surface area contributed by atoms with Crippen molar-refractivity contribution in [1.82, 2.24) is 4.98 Å². The number of aromatic nitrogens is 1. The van der Waals surface area contributed by atoms with E-state index < -0.39 is 0 Å².